The van der Waals surface area contributed by atoms with Crippen LogP contribution in [-0.4, -0.2) is 29.3 Å². The molecule has 1 aromatic rings. The minimum Gasteiger partial charge on any atom is -0.350 e. The number of carbonyl (C=O) groups excluding carboxylic acids is 2. The molecule has 0 aromatic heterocycles. The van der Waals surface area contributed by atoms with Crippen LogP contribution in [0.2, 0.25) is 0 Å². The predicted octanol–water partition coefficient (Wildman–Crippen LogP) is 1.95. The number of nitrogens with one attached hydrogen (secondary N) is 1. The molecule has 1 atom stereocenters. The molecule has 0 bridgehead atoms. The highest BCUT2D eigenvalue weighted by Crippen LogP contribution is 2.19. The first-order valence-corrected chi connectivity index (χ1v) is 7.20. The normalized spacial score (nSPS) is 16.6. The Morgan fingerprint density at radius 2 is 2.00 bits per heavy atom. The van der Waals surface area contributed by atoms with Crippen molar-refractivity contribution in [1.29, 1.82) is 0 Å². The number of amides is 2. The predicted molar refractivity (Wildman–Crippen MR) is 77.9 cm³/mol. The van der Waals surface area contributed by atoms with E-state index >= 15 is 0 Å². The number of rotatable bonds is 5. The molecular weight excluding hydrogens is 252 g/mol. The minimum atomic E-state index is -0.353. The maximum absolute atomic E-state index is 12.4. The molecule has 2 rings (SSSR count). The van der Waals surface area contributed by atoms with Crippen molar-refractivity contribution in [2.45, 2.75) is 39.3 Å². The Balaban J connectivity index is 1.99. The summed E-state index contributed by atoms with van der Waals surface area (Å²) in [5.74, 6) is 0.158. The van der Waals surface area contributed by atoms with E-state index in [-0.39, 0.29) is 23.8 Å². The summed E-state index contributed by atoms with van der Waals surface area (Å²) in [5, 5.41) is 2.94. The van der Waals surface area contributed by atoms with Crippen molar-refractivity contribution < 1.29 is 9.59 Å². The first-order chi connectivity index (χ1) is 9.59. The molecule has 108 valence electrons. The fourth-order valence-electron chi connectivity index (χ4n) is 2.66. The lowest BCUT2D eigenvalue weighted by Crippen LogP contribution is -2.50. The van der Waals surface area contributed by atoms with Crippen molar-refractivity contribution in [1.82, 2.24) is 10.2 Å². The van der Waals surface area contributed by atoms with Crippen LogP contribution in [0.3, 0.4) is 0 Å². The lowest BCUT2D eigenvalue weighted by atomic mass is 10.0. The number of hydrogen-bond donors (Lipinski definition) is 1. The van der Waals surface area contributed by atoms with E-state index < -0.39 is 0 Å². The smallest absolute Gasteiger partial charge is 0.243 e. The van der Waals surface area contributed by atoms with Crippen molar-refractivity contribution in [2.24, 2.45) is 5.92 Å². The monoisotopic (exact) mass is 274 g/mol. The van der Waals surface area contributed by atoms with Gasteiger partial charge in [-0.05, 0) is 17.9 Å². The molecule has 1 aliphatic heterocycles. The van der Waals surface area contributed by atoms with Crippen molar-refractivity contribution >= 4 is 11.8 Å². The van der Waals surface area contributed by atoms with E-state index in [0.717, 1.165) is 12.0 Å². The molecule has 1 aromatic carbocycles. The van der Waals surface area contributed by atoms with Crippen LogP contribution in [0.15, 0.2) is 30.3 Å². The van der Waals surface area contributed by atoms with Gasteiger partial charge < -0.3 is 10.2 Å². The lowest BCUT2D eigenvalue weighted by Gasteiger charge is -2.29. The van der Waals surface area contributed by atoms with E-state index in [4.69, 9.17) is 0 Å². The molecule has 0 saturated carbocycles. The van der Waals surface area contributed by atoms with E-state index in [1.165, 1.54) is 0 Å². The van der Waals surface area contributed by atoms with Gasteiger partial charge in [-0.15, -0.1) is 0 Å². The van der Waals surface area contributed by atoms with Crippen molar-refractivity contribution in [3.63, 3.8) is 0 Å². The number of likely N-dealkylation sites (tertiary alicyclic amines) is 1. The highest BCUT2D eigenvalue weighted by Gasteiger charge is 2.34. The van der Waals surface area contributed by atoms with E-state index in [1.807, 2.05) is 44.2 Å². The summed E-state index contributed by atoms with van der Waals surface area (Å²) in [6.07, 6.45) is 1.42. The third kappa shape index (κ3) is 3.38. The van der Waals surface area contributed by atoms with E-state index in [9.17, 15) is 9.59 Å². The number of nitrogens with zero attached hydrogens (tertiary/aromatic N) is 1. The first-order valence-electron chi connectivity index (χ1n) is 7.20. The summed E-state index contributed by atoms with van der Waals surface area (Å²) in [4.78, 5) is 26.0. The zero-order chi connectivity index (χ0) is 14.5. The summed E-state index contributed by atoms with van der Waals surface area (Å²) in [6, 6.07) is 9.45. The summed E-state index contributed by atoms with van der Waals surface area (Å²) in [7, 11) is 0. The molecule has 0 spiro atoms. The molecule has 1 N–H and O–H groups in total. The van der Waals surface area contributed by atoms with Gasteiger partial charge in [-0.3, -0.25) is 9.59 Å². The highest BCUT2D eigenvalue weighted by molar-refractivity contribution is 5.88. The Kier molecular flexibility index (Phi) is 4.77. The zero-order valence-corrected chi connectivity index (χ0v) is 12.1. The number of benzene rings is 1. The van der Waals surface area contributed by atoms with E-state index in [2.05, 4.69) is 5.32 Å². The molecular formula is C16H22N2O2. The zero-order valence-electron chi connectivity index (χ0n) is 12.1. The summed E-state index contributed by atoms with van der Waals surface area (Å²) in [6.45, 7) is 5.17. The summed E-state index contributed by atoms with van der Waals surface area (Å²) >= 11 is 0. The maximum Gasteiger partial charge on any atom is 0.243 e. The average Bonchev–Trinajstić information content (AvgIpc) is 2.84. The van der Waals surface area contributed by atoms with Gasteiger partial charge in [-0.2, -0.15) is 0 Å². The van der Waals surface area contributed by atoms with Crippen LogP contribution in [0.5, 0.6) is 0 Å². The van der Waals surface area contributed by atoms with Crippen LogP contribution in [0.4, 0.5) is 0 Å². The molecule has 1 fully saturated rings. The second-order valence-electron chi connectivity index (χ2n) is 5.58. The highest BCUT2D eigenvalue weighted by atomic mass is 16.2. The second kappa shape index (κ2) is 6.55. The van der Waals surface area contributed by atoms with Crippen molar-refractivity contribution in [2.75, 3.05) is 6.54 Å². The lowest BCUT2D eigenvalue weighted by molar-refractivity contribution is -0.139. The van der Waals surface area contributed by atoms with Gasteiger partial charge in [0.1, 0.15) is 6.04 Å². The van der Waals surface area contributed by atoms with Crippen molar-refractivity contribution in [3.8, 4) is 0 Å². The van der Waals surface area contributed by atoms with Gasteiger partial charge in [0.25, 0.3) is 0 Å². The average molecular weight is 274 g/mol. The van der Waals surface area contributed by atoms with Crippen LogP contribution >= 0.6 is 0 Å². The van der Waals surface area contributed by atoms with Gasteiger partial charge >= 0.3 is 0 Å². The van der Waals surface area contributed by atoms with Gasteiger partial charge in [0, 0.05) is 19.5 Å². The Morgan fingerprint density at radius 1 is 1.30 bits per heavy atom. The third-order valence-electron chi connectivity index (χ3n) is 3.66. The van der Waals surface area contributed by atoms with Gasteiger partial charge in [0.15, 0.2) is 0 Å². The quantitative estimate of drug-likeness (QED) is 0.892. The molecule has 2 amide bonds. The molecule has 4 nitrogen and oxygen atoms in total. The molecule has 1 saturated heterocycles. The number of carbonyl (C=O) groups is 2. The fraction of sp³-hybridized carbons (Fsp3) is 0.500. The van der Waals surface area contributed by atoms with Crippen molar-refractivity contribution in [3.05, 3.63) is 35.9 Å². The Bertz CT molecular complexity index is 471. The van der Waals surface area contributed by atoms with Crippen LogP contribution in [0.1, 0.15) is 32.3 Å². The van der Waals surface area contributed by atoms with Crippen LogP contribution in [-0.2, 0) is 16.1 Å². The van der Waals surface area contributed by atoms with E-state index in [1.54, 1.807) is 4.90 Å². The second-order valence-corrected chi connectivity index (χ2v) is 5.58. The molecule has 0 aliphatic carbocycles. The first kappa shape index (κ1) is 14.6. The Hall–Kier alpha value is -1.84. The third-order valence-corrected chi connectivity index (χ3v) is 3.66. The SMILES string of the molecule is CC(C)C(C(=O)NCc1ccccc1)N1CCCC1=O. The molecule has 0 radical (unpaired) electrons. The van der Waals surface area contributed by atoms with Crippen LogP contribution in [0.25, 0.3) is 0 Å². The number of hydrogen-bond acceptors (Lipinski definition) is 2. The van der Waals surface area contributed by atoms with Gasteiger partial charge in [-0.25, -0.2) is 0 Å². The van der Waals surface area contributed by atoms with Crippen LogP contribution in [0, 0.1) is 5.92 Å². The Labute approximate surface area is 120 Å². The standard InChI is InChI=1S/C16H22N2O2/c1-12(2)15(18-10-6-9-14(18)19)16(20)17-11-13-7-4-3-5-8-13/h3-5,7-8,12,15H,6,9-11H2,1-2H3,(H,17,20). The van der Waals surface area contributed by atoms with E-state index in [0.29, 0.717) is 19.5 Å². The van der Waals surface area contributed by atoms with Crippen LogP contribution < -0.4 is 5.32 Å². The van der Waals surface area contributed by atoms with Gasteiger partial charge in [-0.1, -0.05) is 44.2 Å². The van der Waals surface area contributed by atoms with Gasteiger partial charge in [0.2, 0.25) is 11.8 Å². The molecule has 1 unspecified atom stereocenters. The molecule has 4 heteroatoms. The maximum atomic E-state index is 12.4. The molecule has 1 aliphatic rings. The minimum absolute atomic E-state index is 0.0564. The largest absolute Gasteiger partial charge is 0.350 e. The Morgan fingerprint density at radius 3 is 2.55 bits per heavy atom. The summed E-state index contributed by atoms with van der Waals surface area (Å²) < 4.78 is 0. The fourth-order valence-corrected chi connectivity index (χ4v) is 2.66. The molecule has 20 heavy (non-hydrogen) atoms. The summed E-state index contributed by atoms with van der Waals surface area (Å²) in [5.41, 5.74) is 1.07. The van der Waals surface area contributed by atoms with Gasteiger partial charge in [0.05, 0.1) is 0 Å². The topological polar surface area (TPSA) is 49.4 Å². The molecule has 1 heterocycles.